The van der Waals surface area contributed by atoms with Crippen LogP contribution in [-0.4, -0.2) is 18.0 Å². The van der Waals surface area contributed by atoms with Crippen molar-refractivity contribution >= 4 is 5.78 Å². The van der Waals surface area contributed by atoms with Gasteiger partial charge in [0.05, 0.1) is 0 Å². The van der Waals surface area contributed by atoms with Crippen LogP contribution >= 0.6 is 0 Å². The summed E-state index contributed by atoms with van der Waals surface area (Å²) in [4.78, 5) is 13.2. The molecule has 2 saturated carbocycles. The third-order valence-electron chi connectivity index (χ3n) is 5.72. The van der Waals surface area contributed by atoms with Gasteiger partial charge in [0.25, 0.3) is 0 Å². The monoisotopic (exact) mass is 280 g/mol. The summed E-state index contributed by atoms with van der Waals surface area (Å²) in [6.45, 7) is 7.25. The van der Waals surface area contributed by atoms with E-state index < -0.39 is 5.60 Å². The highest BCUT2D eigenvalue weighted by molar-refractivity contribution is 5.90. The number of ketones is 1. The van der Waals surface area contributed by atoms with Crippen LogP contribution in [0.25, 0.3) is 0 Å². The van der Waals surface area contributed by atoms with Crippen LogP contribution in [0.2, 0.25) is 0 Å². The molecule has 20 heavy (non-hydrogen) atoms. The molecule has 2 unspecified atom stereocenters. The maximum atomic E-state index is 13.2. The van der Waals surface area contributed by atoms with E-state index in [2.05, 4.69) is 13.8 Å². The Kier molecular flexibility index (Phi) is 5.65. The van der Waals surface area contributed by atoms with Gasteiger partial charge in [0.15, 0.2) is 5.78 Å². The van der Waals surface area contributed by atoms with Crippen molar-refractivity contribution < 1.29 is 9.53 Å². The molecule has 0 aromatic rings. The van der Waals surface area contributed by atoms with Gasteiger partial charge in [-0.15, -0.1) is 0 Å². The zero-order chi connectivity index (χ0) is 14.6. The Bertz CT molecular complexity index is 315. The van der Waals surface area contributed by atoms with Crippen molar-refractivity contribution in [1.82, 2.24) is 0 Å². The fraction of sp³-hybridized carbons (Fsp3) is 0.944. The molecule has 116 valence electrons. The van der Waals surface area contributed by atoms with E-state index in [4.69, 9.17) is 4.74 Å². The van der Waals surface area contributed by atoms with Crippen LogP contribution in [0.15, 0.2) is 0 Å². The van der Waals surface area contributed by atoms with Gasteiger partial charge in [-0.1, -0.05) is 33.1 Å². The van der Waals surface area contributed by atoms with Crippen LogP contribution in [-0.2, 0) is 9.53 Å². The van der Waals surface area contributed by atoms with E-state index >= 15 is 0 Å². The first-order valence-electron chi connectivity index (χ1n) is 8.81. The molecule has 0 aliphatic heterocycles. The Morgan fingerprint density at radius 3 is 2.35 bits per heavy atom. The van der Waals surface area contributed by atoms with Gasteiger partial charge in [-0.3, -0.25) is 4.79 Å². The second kappa shape index (κ2) is 7.06. The highest BCUT2D eigenvalue weighted by Gasteiger charge is 2.46. The van der Waals surface area contributed by atoms with Crippen LogP contribution in [0.4, 0.5) is 0 Å². The van der Waals surface area contributed by atoms with Crippen molar-refractivity contribution in [1.29, 1.82) is 0 Å². The highest BCUT2D eigenvalue weighted by atomic mass is 16.5. The maximum Gasteiger partial charge on any atom is 0.167 e. The average molecular weight is 280 g/mol. The molecule has 0 aromatic carbocycles. The SMILES string of the molecule is CCOC1(C(=O)C2CCCCC2CC)CCC(C)CC1. The lowest BCUT2D eigenvalue weighted by molar-refractivity contribution is -0.157. The summed E-state index contributed by atoms with van der Waals surface area (Å²) in [5, 5.41) is 0. The number of hydrogen-bond acceptors (Lipinski definition) is 2. The molecule has 2 rings (SSSR count). The number of carbonyl (C=O) groups excluding carboxylic acids is 1. The van der Waals surface area contributed by atoms with Crippen molar-refractivity contribution in [2.24, 2.45) is 17.8 Å². The number of ether oxygens (including phenoxy) is 1. The van der Waals surface area contributed by atoms with Crippen LogP contribution < -0.4 is 0 Å². The molecule has 0 bridgehead atoms. The van der Waals surface area contributed by atoms with Gasteiger partial charge in [-0.05, 0) is 57.3 Å². The third kappa shape index (κ3) is 3.27. The second-order valence-electron chi connectivity index (χ2n) is 7.03. The van der Waals surface area contributed by atoms with E-state index in [-0.39, 0.29) is 5.92 Å². The lowest BCUT2D eigenvalue weighted by atomic mass is 9.67. The van der Waals surface area contributed by atoms with Crippen molar-refractivity contribution in [3.63, 3.8) is 0 Å². The van der Waals surface area contributed by atoms with Gasteiger partial charge in [0, 0.05) is 12.5 Å². The van der Waals surface area contributed by atoms with E-state index in [1.165, 1.54) is 19.3 Å². The molecule has 0 aromatic heterocycles. The Morgan fingerprint density at radius 1 is 1.10 bits per heavy atom. The van der Waals surface area contributed by atoms with Crippen LogP contribution in [0.5, 0.6) is 0 Å². The first-order chi connectivity index (χ1) is 9.63. The number of carbonyl (C=O) groups is 1. The van der Waals surface area contributed by atoms with Crippen LogP contribution in [0.1, 0.15) is 78.6 Å². The minimum Gasteiger partial charge on any atom is -0.367 e. The van der Waals surface area contributed by atoms with Crippen molar-refractivity contribution in [3.8, 4) is 0 Å². The Labute approximate surface area is 124 Å². The molecule has 2 nitrogen and oxygen atoms in total. The molecule has 0 amide bonds. The van der Waals surface area contributed by atoms with E-state index in [1.54, 1.807) is 0 Å². The summed E-state index contributed by atoms with van der Waals surface area (Å²) in [6.07, 6.45) is 10.2. The van der Waals surface area contributed by atoms with Gasteiger partial charge in [0.2, 0.25) is 0 Å². The average Bonchev–Trinajstić information content (AvgIpc) is 2.49. The topological polar surface area (TPSA) is 26.3 Å². The Morgan fingerprint density at radius 2 is 1.75 bits per heavy atom. The summed E-state index contributed by atoms with van der Waals surface area (Å²) < 4.78 is 6.08. The predicted molar refractivity (Wildman–Crippen MR) is 82.7 cm³/mol. The maximum absolute atomic E-state index is 13.2. The summed E-state index contributed by atoms with van der Waals surface area (Å²) >= 11 is 0. The molecular weight excluding hydrogens is 248 g/mol. The Hall–Kier alpha value is -0.370. The third-order valence-corrected chi connectivity index (χ3v) is 5.72. The minimum absolute atomic E-state index is 0.272. The lowest BCUT2D eigenvalue weighted by Gasteiger charge is -2.42. The number of rotatable bonds is 5. The summed E-state index contributed by atoms with van der Waals surface area (Å²) in [5.74, 6) is 2.09. The van der Waals surface area contributed by atoms with Crippen molar-refractivity contribution in [2.75, 3.05) is 6.61 Å². The smallest absolute Gasteiger partial charge is 0.167 e. The molecule has 0 heterocycles. The lowest BCUT2D eigenvalue weighted by Crippen LogP contribution is -2.49. The summed E-state index contributed by atoms with van der Waals surface area (Å²) in [6, 6.07) is 0. The standard InChI is InChI=1S/C18H32O2/c1-4-15-8-6-7-9-16(15)17(19)18(20-5-2)12-10-14(3)11-13-18/h14-16H,4-13H2,1-3H3. The fourth-order valence-electron chi connectivity index (χ4n) is 4.35. The van der Waals surface area contributed by atoms with Gasteiger partial charge in [-0.2, -0.15) is 0 Å². The zero-order valence-electron chi connectivity index (χ0n) is 13.6. The van der Waals surface area contributed by atoms with E-state index in [1.807, 2.05) is 6.92 Å². The van der Waals surface area contributed by atoms with Gasteiger partial charge >= 0.3 is 0 Å². The van der Waals surface area contributed by atoms with Gasteiger partial charge in [-0.25, -0.2) is 0 Å². The summed E-state index contributed by atoms with van der Waals surface area (Å²) in [7, 11) is 0. The first-order valence-corrected chi connectivity index (χ1v) is 8.81. The number of Topliss-reactive ketones (excluding diaryl/α,β-unsaturated/α-hetero) is 1. The molecule has 0 saturated heterocycles. The quantitative estimate of drug-likeness (QED) is 0.726. The van der Waals surface area contributed by atoms with Crippen LogP contribution in [0, 0.1) is 17.8 Å². The zero-order valence-corrected chi connectivity index (χ0v) is 13.6. The van der Waals surface area contributed by atoms with Crippen LogP contribution in [0.3, 0.4) is 0 Å². The van der Waals surface area contributed by atoms with Gasteiger partial charge in [0.1, 0.15) is 5.60 Å². The fourth-order valence-corrected chi connectivity index (χ4v) is 4.35. The molecular formula is C18H32O2. The molecule has 0 N–H and O–H groups in total. The van der Waals surface area contributed by atoms with Crippen molar-refractivity contribution in [3.05, 3.63) is 0 Å². The molecule has 0 spiro atoms. The molecule has 2 heteroatoms. The van der Waals surface area contributed by atoms with Crippen molar-refractivity contribution in [2.45, 2.75) is 84.2 Å². The Balaban J connectivity index is 2.13. The molecule has 2 aliphatic carbocycles. The van der Waals surface area contributed by atoms with E-state index in [0.717, 1.165) is 44.4 Å². The minimum atomic E-state index is -0.434. The molecule has 0 radical (unpaired) electrons. The largest absolute Gasteiger partial charge is 0.367 e. The predicted octanol–water partition coefficient (Wildman–Crippen LogP) is 4.76. The molecule has 2 atom stereocenters. The van der Waals surface area contributed by atoms with E-state index in [9.17, 15) is 4.79 Å². The van der Waals surface area contributed by atoms with Gasteiger partial charge < -0.3 is 4.74 Å². The first kappa shape index (κ1) is 16.0. The molecule has 2 aliphatic rings. The summed E-state index contributed by atoms with van der Waals surface area (Å²) in [5.41, 5.74) is -0.434. The second-order valence-corrected chi connectivity index (χ2v) is 7.03. The molecule has 2 fully saturated rings. The normalized spacial score (nSPS) is 38.6. The highest BCUT2D eigenvalue weighted by Crippen LogP contribution is 2.42. The van der Waals surface area contributed by atoms with E-state index in [0.29, 0.717) is 18.3 Å². The number of hydrogen-bond donors (Lipinski definition) is 0.